The molecule has 1 aromatic carbocycles. The Hall–Kier alpha value is -1.96. The highest BCUT2D eigenvalue weighted by atomic mass is 35.5. The molecule has 2 N–H and O–H groups in total. The molecule has 1 aliphatic heterocycles. The minimum Gasteiger partial charge on any atom is -0.343 e. The summed E-state index contributed by atoms with van der Waals surface area (Å²) >= 11 is 7.21. The van der Waals surface area contributed by atoms with Crippen molar-refractivity contribution < 1.29 is 9.59 Å². The van der Waals surface area contributed by atoms with Gasteiger partial charge in [-0.3, -0.25) is 14.5 Å². The van der Waals surface area contributed by atoms with Gasteiger partial charge in [0.1, 0.15) is 0 Å². The van der Waals surface area contributed by atoms with Crippen LogP contribution in [0.5, 0.6) is 0 Å². The molecule has 0 saturated carbocycles. The number of hydrogen-bond donors (Lipinski definition) is 2. The van der Waals surface area contributed by atoms with E-state index in [2.05, 4.69) is 34.4 Å². The average molecular weight is 421 g/mol. The highest BCUT2D eigenvalue weighted by molar-refractivity contribution is 7.13. The fourth-order valence-corrected chi connectivity index (χ4v) is 4.46. The number of nitrogens with one attached hydrogen (secondary N) is 2. The number of carbonyl (C=O) groups is 2. The first kappa shape index (κ1) is 20.8. The lowest BCUT2D eigenvalue weighted by Gasteiger charge is -2.34. The number of piperidine rings is 1. The third kappa shape index (κ3) is 6.02. The smallest absolute Gasteiger partial charge is 0.251 e. The molecule has 2 atom stereocenters. The van der Waals surface area contributed by atoms with Crippen LogP contribution in [-0.2, 0) is 11.3 Å². The summed E-state index contributed by atoms with van der Waals surface area (Å²) in [5.41, 5.74) is 1.42. The fourth-order valence-electron chi connectivity index (χ4n) is 3.61. The molecule has 8 heteroatoms. The van der Waals surface area contributed by atoms with Crippen LogP contribution in [-0.4, -0.2) is 41.3 Å². The molecule has 1 aliphatic rings. The molecular formula is C20H25ClN4O2S. The third-order valence-corrected chi connectivity index (χ3v) is 5.70. The van der Waals surface area contributed by atoms with Gasteiger partial charge < -0.3 is 10.6 Å². The number of carbonyl (C=O) groups excluding carboxylic acids is 2. The standard InChI is InChI=1S/C20H25ClN4O2S/c1-13-7-14(2)10-25(9-13)11-17-12-28-20(23-17)24-18(26)8-22-19(27)15-3-5-16(21)6-4-15/h3-6,12-14H,7-11H2,1-2H3,(H,22,27)(H,23,24,26)/t13-,14-/m1/s1. The van der Waals surface area contributed by atoms with E-state index in [4.69, 9.17) is 11.6 Å². The lowest BCUT2D eigenvalue weighted by molar-refractivity contribution is -0.115. The molecule has 0 bridgehead atoms. The molecule has 1 aromatic heterocycles. The second kappa shape index (κ2) is 9.49. The van der Waals surface area contributed by atoms with Crippen LogP contribution in [0, 0.1) is 11.8 Å². The van der Waals surface area contributed by atoms with Crippen LogP contribution >= 0.6 is 22.9 Å². The molecule has 0 spiro atoms. The zero-order chi connectivity index (χ0) is 20.1. The normalized spacial score (nSPS) is 20.0. The maximum Gasteiger partial charge on any atom is 0.251 e. The highest BCUT2D eigenvalue weighted by Gasteiger charge is 2.22. The predicted octanol–water partition coefficient (Wildman–Crippen LogP) is 3.64. The summed E-state index contributed by atoms with van der Waals surface area (Å²) < 4.78 is 0. The molecule has 3 rings (SSSR count). The van der Waals surface area contributed by atoms with Crippen LogP contribution in [0.1, 0.15) is 36.3 Å². The summed E-state index contributed by atoms with van der Waals surface area (Å²) in [5, 5.41) is 8.43. The summed E-state index contributed by atoms with van der Waals surface area (Å²) in [5.74, 6) is 0.778. The van der Waals surface area contributed by atoms with E-state index in [-0.39, 0.29) is 18.4 Å². The first-order valence-electron chi connectivity index (χ1n) is 9.39. The first-order chi connectivity index (χ1) is 13.4. The Morgan fingerprint density at radius 2 is 1.89 bits per heavy atom. The van der Waals surface area contributed by atoms with Crippen molar-refractivity contribution >= 4 is 39.9 Å². The summed E-state index contributed by atoms with van der Waals surface area (Å²) in [6, 6.07) is 6.50. The lowest BCUT2D eigenvalue weighted by atomic mass is 9.92. The second-order valence-electron chi connectivity index (χ2n) is 7.52. The maximum atomic E-state index is 12.1. The Balaban J connectivity index is 1.46. The van der Waals surface area contributed by atoms with Gasteiger partial charge >= 0.3 is 0 Å². The van der Waals surface area contributed by atoms with Crippen LogP contribution in [0.2, 0.25) is 5.02 Å². The van der Waals surface area contributed by atoms with Crippen molar-refractivity contribution in [3.63, 3.8) is 0 Å². The van der Waals surface area contributed by atoms with Gasteiger partial charge in [0.25, 0.3) is 5.91 Å². The SMILES string of the molecule is C[C@@H]1C[C@@H](C)CN(Cc2csc(NC(=O)CNC(=O)c3ccc(Cl)cc3)n2)C1. The van der Waals surface area contributed by atoms with Crippen molar-refractivity contribution in [3.05, 3.63) is 45.9 Å². The number of thiazole rings is 1. The first-order valence-corrected chi connectivity index (χ1v) is 10.6. The lowest BCUT2D eigenvalue weighted by Crippen LogP contribution is -2.38. The molecule has 28 heavy (non-hydrogen) atoms. The molecule has 1 saturated heterocycles. The van der Waals surface area contributed by atoms with Gasteiger partial charge in [-0.05, 0) is 42.5 Å². The molecule has 1 fully saturated rings. The summed E-state index contributed by atoms with van der Waals surface area (Å²) in [4.78, 5) is 31.1. The quantitative estimate of drug-likeness (QED) is 0.748. The Bertz CT molecular complexity index is 814. The summed E-state index contributed by atoms with van der Waals surface area (Å²) in [6.45, 7) is 7.42. The number of rotatable bonds is 6. The predicted molar refractivity (Wildman–Crippen MR) is 113 cm³/mol. The van der Waals surface area contributed by atoms with Gasteiger partial charge in [-0.2, -0.15) is 0 Å². The van der Waals surface area contributed by atoms with E-state index in [9.17, 15) is 9.59 Å². The van der Waals surface area contributed by atoms with Gasteiger partial charge in [-0.15, -0.1) is 11.3 Å². The minimum absolute atomic E-state index is 0.114. The molecule has 0 radical (unpaired) electrons. The van der Waals surface area contributed by atoms with Crippen molar-refractivity contribution in [2.75, 3.05) is 25.0 Å². The van der Waals surface area contributed by atoms with E-state index >= 15 is 0 Å². The van der Waals surface area contributed by atoms with E-state index < -0.39 is 0 Å². The maximum absolute atomic E-state index is 12.1. The zero-order valence-electron chi connectivity index (χ0n) is 16.1. The number of hydrogen-bond acceptors (Lipinski definition) is 5. The fraction of sp³-hybridized carbons (Fsp3) is 0.450. The van der Waals surface area contributed by atoms with Gasteiger partial charge in [0, 0.05) is 35.6 Å². The van der Waals surface area contributed by atoms with Gasteiger partial charge in [-0.25, -0.2) is 4.98 Å². The molecule has 2 heterocycles. The van der Waals surface area contributed by atoms with Crippen LogP contribution < -0.4 is 10.6 Å². The van der Waals surface area contributed by atoms with Gasteiger partial charge in [0.15, 0.2) is 5.13 Å². The van der Waals surface area contributed by atoms with Crippen molar-refractivity contribution in [1.29, 1.82) is 0 Å². The second-order valence-corrected chi connectivity index (χ2v) is 8.82. The van der Waals surface area contributed by atoms with Crippen LogP contribution in [0.4, 0.5) is 5.13 Å². The monoisotopic (exact) mass is 420 g/mol. The van der Waals surface area contributed by atoms with Crippen molar-refractivity contribution in [3.8, 4) is 0 Å². The van der Waals surface area contributed by atoms with E-state index in [0.29, 0.717) is 27.6 Å². The van der Waals surface area contributed by atoms with E-state index in [0.717, 1.165) is 25.3 Å². The molecule has 2 amide bonds. The number of likely N-dealkylation sites (tertiary alicyclic amines) is 1. The van der Waals surface area contributed by atoms with Crippen molar-refractivity contribution in [1.82, 2.24) is 15.2 Å². The molecule has 0 unspecified atom stereocenters. The third-order valence-electron chi connectivity index (χ3n) is 4.64. The highest BCUT2D eigenvalue weighted by Crippen LogP contribution is 2.23. The molecule has 150 valence electrons. The van der Waals surface area contributed by atoms with Crippen molar-refractivity contribution in [2.24, 2.45) is 11.8 Å². The Morgan fingerprint density at radius 1 is 1.21 bits per heavy atom. The van der Waals surface area contributed by atoms with Crippen LogP contribution in [0.25, 0.3) is 0 Å². The minimum atomic E-state index is -0.319. The van der Waals surface area contributed by atoms with Gasteiger partial charge in [0.2, 0.25) is 5.91 Å². The average Bonchev–Trinajstić information content (AvgIpc) is 3.06. The Labute approximate surface area is 174 Å². The Morgan fingerprint density at radius 3 is 2.57 bits per heavy atom. The number of benzene rings is 1. The molecular weight excluding hydrogens is 396 g/mol. The van der Waals surface area contributed by atoms with E-state index in [1.807, 2.05) is 5.38 Å². The molecule has 2 aromatic rings. The Kier molecular flexibility index (Phi) is 7.04. The summed E-state index contributed by atoms with van der Waals surface area (Å²) in [6.07, 6.45) is 1.27. The number of aromatic nitrogens is 1. The molecule has 6 nitrogen and oxygen atoms in total. The van der Waals surface area contributed by atoms with Crippen LogP contribution in [0.15, 0.2) is 29.6 Å². The van der Waals surface area contributed by atoms with E-state index in [1.54, 1.807) is 24.3 Å². The largest absolute Gasteiger partial charge is 0.343 e. The van der Waals surface area contributed by atoms with E-state index in [1.165, 1.54) is 17.8 Å². The van der Waals surface area contributed by atoms with Crippen molar-refractivity contribution in [2.45, 2.75) is 26.8 Å². The number of nitrogens with zero attached hydrogens (tertiary/aromatic N) is 2. The van der Waals surface area contributed by atoms with Gasteiger partial charge in [-0.1, -0.05) is 25.4 Å². The zero-order valence-corrected chi connectivity index (χ0v) is 17.6. The van der Waals surface area contributed by atoms with Crippen LogP contribution in [0.3, 0.4) is 0 Å². The summed E-state index contributed by atoms with van der Waals surface area (Å²) in [7, 11) is 0. The van der Waals surface area contributed by atoms with Gasteiger partial charge in [0.05, 0.1) is 12.2 Å². The number of halogens is 1. The number of amides is 2. The topological polar surface area (TPSA) is 74.3 Å². The number of anilines is 1. The molecule has 0 aliphatic carbocycles.